The average molecular weight is 212 g/mol. The van der Waals surface area contributed by atoms with Gasteiger partial charge >= 0.3 is 0 Å². The summed E-state index contributed by atoms with van der Waals surface area (Å²) in [5.41, 5.74) is 5.53. The highest BCUT2D eigenvalue weighted by atomic mass is 16.1. The minimum absolute atomic E-state index is 0.0394. The van der Waals surface area contributed by atoms with E-state index >= 15 is 0 Å². The molecule has 0 rings (SSSR count). The van der Waals surface area contributed by atoms with E-state index in [9.17, 15) is 4.79 Å². The van der Waals surface area contributed by atoms with Crippen molar-refractivity contribution in [2.24, 2.45) is 11.7 Å². The number of amides is 1. The Morgan fingerprint density at radius 1 is 1.33 bits per heavy atom. The fraction of sp³-hybridized carbons (Fsp3) is 0.750. The summed E-state index contributed by atoms with van der Waals surface area (Å²) in [4.78, 5) is 11.5. The summed E-state index contributed by atoms with van der Waals surface area (Å²) in [7, 11) is 0. The quantitative estimate of drug-likeness (QED) is 0.681. The number of allylic oxidation sites excluding steroid dienone is 1. The van der Waals surface area contributed by atoms with Gasteiger partial charge in [-0.15, -0.1) is 0 Å². The molecule has 3 nitrogen and oxygen atoms in total. The number of rotatable bonds is 7. The predicted molar refractivity (Wildman–Crippen MR) is 64.0 cm³/mol. The Kier molecular flexibility index (Phi) is 7.78. The highest BCUT2D eigenvalue weighted by molar-refractivity contribution is 5.77. The van der Waals surface area contributed by atoms with Gasteiger partial charge in [0.2, 0.25) is 5.91 Å². The summed E-state index contributed by atoms with van der Waals surface area (Å²) >= 11 is 0. The van der Waals surface area contributed by atoms with Crippen molar-refractivity contribution in [3.05, 3.63) is 11.9 Å². The molecule has 0 aromatic carbocycles. The Labute approximate surface area is 93.1 Å². The highest BCUT2D eigenvalue weighted by Gasteiger charge is 2.12. The summed E-state index contributed by atoms with van der Waals surface area (Å²) in [5.74, 6) is 0.994. The molecule has 0 aromatic heterocycles. The van der Waals surface area contributed by atoms with E-state index in [2.05, 4.69) is 19.2 Å². The normalized spacial score (nSPS) is 11.9. The van der Waals surface area contributed by atoms with Crippen LogP contribution >= 0.6 is 0 Å². The lowest BCUT2D eigenvalue weighted by Crippen LogP contribution is -2.28. The third-order valence-corrected chi connectivity index (χ3v) is 2.46. The van der Waals surface area contributed by atoms with Gasteiger partial charge in [0.25, 0.3) is 0 Å². The smallest absolute Gasteiger partial charge is 0.225 e. The lowest BCUT2D eigenvalue weighted by molar-refractivity contribution is -0.121. The molecule has 0 saturated carbocycles. The number of nitrogens with one attached hydrogen (secondary N) is 1. The number of carbonyl (C=O) groups is 1. The van der Waals surface area contributed by atoms with Gasteiger partial charge in [-0.2, -0.15) is 0 Å². The number of nitrogens with two attached hydrogens (primary N) is 1. The minimum Gasteiger partial charge on any atom is -0.385 e. The fourth-order valence-corrected chi connectivity index (χ4v) is 1.71. The molecular weight excluding hydrogens is 188 g/mol. The Bertz CT molecular complexity index is 206. The molecule has 0 heterocycles. The first-order chi connectivity index (χ1) is 7.13. The van der Waals surface area contributed by atoms with E-state index in [1.54, 1.807) is 6.08 Å². The fourth-order valence-electron chi connectivity index (χ4n) is 1.71. The number of hydrogen-bond acceptors (Lipinski definition) is 2. The van der Waals surface area contributed by atoms with Gasteiger partial charge in [-0.25, -0.2) is 0 Å². The van der Waals surface area contributed by atoms with Gasteiger partial charge in [0, 0.05) is 6.42 Å². The predicted octanol–water partition coefficient (Wildman–Crippen LogP) is 2.53. The zero-order valence-electron chi connectivity index (χ0n) is 10.2. The van der Waals surface area contributed by atoms with Crippen LogP contribution in [0.4, 0.5) is 0 Å². The first-order valence-corrected chi connectivity index (χ1v) is 5.85. The van der Waals surface area contributed by atoms with E-state index in [0.29, 0.717) is 18.2 Å². The molecule has 88 valence electrons. The number of carbonyl (C=O) groups excluding carboxylic acids is 1. The Morgan fingerprint density at radius 3 is 2.27 bits per heavy atom. The van der Waals surface area contributed by atoms with Gasteiger partial charge in [0.05, 0.1) is 5.82 Å². The molecule has 0 aliphatic rings. The minimum atomic E-state index is 0.0394. The second-order valence-corrected chi connectivity index (χ2v) is 3.94. The molecule has 0 atom stereocenters. The van der Waals surface area contributed by atoms with Crippen molar-refractivity contribution in [1.29, 1.82) is 0 Å². The van der Waals surface area contributed by atoms with Gasteiger partial charge in [-0.3, -0.25) is 4.79 Å². The maximum Gasteiger partial charge on any atom is 0.225 e. The van der Waals surface area contributed by atoms with Crippen LogP contribution in [0.3, 0.4) is 0 Å². The molecule has 0 saturated heterocycles. The topological polar surface area (TPSA) is 55.1 Å². The molecule has 0 aliphatic heterocycles. The largest absolute Gasteiger partial charge is 0.385 e. The van der Waals surface area contributed by atoms with Crippen LogP contribution in [0.25, 0.3) is 0 Å². The first-order valence-electron chi connectivity index (χ1n) is 5.85. The van der Waals surface area contributed by atoms with Crippen molar-refractivity contribution in [2.45, 2.75) is 52.9 Å². The second-order valence-electron chi connectivity index (χ2n) is 3.94. The lowest BCUT2D eigenvalue weighted by atomic mass is 9.94. The van der Waals surface area contributed by atoms with E-state index in [1.807, 2.05) is 6.92 Å². The molecule has 0 radical (unpaired) electrons. The van der Waals surface area contributed by atoms with E-state index in [-0.39, 0.29) is 5.91 Å². The van der Waals surface area contributed by atoms with Crippen LogP contribution < -0.4 is 11.1 Å². The van der Waals surface area contributed by atoms with Crippen LogP contribution in [-0.4, -0.2) is 5.91 Å². The molecule has 15 heavy (non-hydrogen) atoms. The van der Waals surface area contributed by atoms with E-state index in [1.165, 1.54) is 0 Å². The van der Waals surface area contributed by atoms with E-state index < -0.39 is 0 Å². The van der Waals surface area contributed by atoms with Gasteiger partial charge < -0.3 is 11.1 Å². The highest BCUT2D eigenvalue weighted by Crippen LogP contribution is 2.17. The maximum absolute atomic E-state index is 11.5. The SMILES string of the molecule is C/C=C(\N)NC(=O)CC(CCC)CCC. The van der Waals surface area contributed by atoms with E-state index in [4.69, 9.17) is 5.73 Å². The molecule has 3 heteroatoms. The lowest BCUT2D eigenvalue weighted by Gasteiger charge is -2.14. The molecular formula is C12H24N2O. The maximum atomic E-state index is 11.5. The van der Waals surface area contributed by atoms with Crippen LogP contribution in [0, 0.1) is 5.92 Å². The van der Waals surface area contributed by atoms with Crippen molar-refractivity contribution < 1.29 is 4.79 Å². The van der Waals surface area contributed by atoms with E-state index in [0.717, 1.165) is 25.7 Å². The Hall–Kier alpha value is -0.990. The Morgan fingerprint density at radius 2 is 1.87 bits per heavy atom. The zero-order chi connectivity index (χ0) is 11.7. The monoisotopic (exact) mass is 212 g/mol. The van der Waals surface area contributed by atoms with Crippen LogP contribution in [0.5, 0.6) is 0 Å². The first kappa shape index (κ1) is 14.0. The standard InChI is InChI=1S/C12H24N2O/c1-4-7-10(8-5-2)9-12(15)14-11(13)6-3/h6,10H,4-5,7-9,13H2,1-3H3,(H,14,15)/b11-6+. The van der Waals surface area contributed by atoms with Crippen LogP contribution in [0.2, 0.25) is 0 Å². The molecule has 0 unspecified atom stereocenters. The van der Waals surface area contributed by atoms with Crippen molar-refractivity contribution in [3.8, 4) is 0 Å². The summed E-state index contributed by atoms with van der Waals surface area (Å²) in [5, 5.41) is 2.68. The summed E-state index contributed by atoms with van der Waals surface area (Å²) in [6.07, 6.45) is 6.81. The average Bonchev–Trinajstić information content (AvgIpc) is 2.18. The van der Waals surface area contributed by atoms with Gasteiger partial charge in [-0.05, 0) is 18.9 Å². The summed E-state index contributed by atoms with van der Waals surface area (Å²) in [6.45, 7) is 6.12. The van der Waals surface area contributed by atoms with Crippen LogP contribution in [0.1, 0.15) is 52.9 Å². The van der Waals surface area contributed by atoms with Gasteiger partial charge in [0.15, 0.2) is 0 Å². The molecule has 1 amide bonds. The van der Waals surface area contributed by atoms with Crippen LogP contribution in [0.15, 0.2) is 11.9 Å². The Balaban J connectivity index is 3.98. The second kappa shape index (κ2) is 8.33. The summed E-state index contributed by atoms with van der Waals surface area (Å²) < 4.78 is 0. The third-order valence-electron chi connectivity index (χ3n) is 2.46. The third kappa shape index (κ3) is 7.00. The van der Waals surface area contributed by atoms with Crippen LogP contribution in [-0.2, 0) is 4.79 Å². The number of hydrogen-bond donors (Lipinski definition) is 2. The van der Waals surface area contributed by atoms with Crippen molar-refractivity contribution >= 4 is 5.91 Å². The molecule has 0 aromatic rings. The zero-order valence-corrected chi connectivity index (χ0v) is 10.2. The van der Waals surface area contributed by atoms with Gasteiger partial charge in [-0.1, -0.05) is 39.5 Å². The molecule has 3 N–H and O–H groups in total. The molecule has 0 spiro atoms. The van der Waals surface area contributed by atoms with Crippen molar-refractivity contribution in [1.82, 2.24) is 5.32 Å². The van der Waals surface area contributed by atoms with Crippen molar-refractivity contribution in [3.63, 3.8) is 0 Å². The molecule has 0 aliphatic carbocycles. The van der Waals surface area contributed by atoms with Gasteiger partial charge in [0.1, 0.15) is 0 Å². The molecule has 0 bridgehead atoms. The molecule has 0 fully saturated rings. The summed E-state index contributed by atoms with van der Waals surface area (Å²) in [6, 6.07) is 0. The van der Waals surface area contributed by atoms with Crippen molar-refractivity contribution in [2.75, 3.05) is 0 Å².